The van der Waals surface area contributed by atoms with Crippen molar-refractivity contribution in [3.8, 4) is 0 Å². The van der Waals surface area contributed by atoms with Gasteiger partial charge in [0.2, 0.25) is 5.91 Å². The molecule has 1 unspecified atom stereocenters. The third-order valence-electron chi connectivity index (χ3n) is 3.19. The molecule has 6 heteroatoms. The van der Waals surface area contributed by atoms with Crippen molar-refractivity contribution >= 4 is 30.1 Å². The Bertz CT molecular complexity index is 459. The second kappa shape index (κ2) is 8.49. The zero-order valence-corrected chi connectivity index (χ0v) is 13.1. The monoisotopic (exact) mass is 318 g/mol. The van der Waals surface area contributed by atoms with Gasteiger partial charge in [0.15, 0.2) is 0 Å². The van der Waals surface area contributed by atoms with Crippen LogP contribution in [-0.4, -0.2) is 25.3 Å². The number of amides is 1. The van der Waals surface area contributed by atoms with E-state index in [1.165, 1.54) is 17.8 Å². The van der Waals surface area contributed by atoms with Gasteiger partial charge < -0.3 is 10.6 Å². The molecule has 1 heterocycles. The molecule has 1 aliphatic heterocycles. The van der Waals surface area contributed by atoms with E-state index >= 15 is 0 Å². The number of hydrogen-bond donors (Lipinski definition) is 2. The number of thioether (sulfide) groups is 1. The van der Waals surface area contributed by atoms with Crippen molar-refractivity contribution < 1.29 is 9.18 Å². The summed E-state index contributed by atoms with van der Waals surface area (Å²) < 4.78 is 13.7. The summed E-state index contributed by atoms with van der Waals surface area (Å²) in [5.74, 6) is 0.703. The Balaban J connectivity index is 0.00000200. The molecule has 0 aromatic heterocycles. The van der Waals surface area contributed by atoms with Crippen LogP contribution in [0.5, 0.6) is 0 Å². The van der Waals surface area contributed by atoms with Gasteiger partial charge in [0, 0.05) is 17.1 Å². The van der Waals surface area contributed by atoms with Crippen LogP contribution in [0, 0.1) is 5.82 Å². The summed E-state index contributed by atoms with van der Waals surface area (Å²) in [7, 11) is 1.87. The highest BCUT2D eigenvalue weighted by molar-refractivity contribution is 7.99. The summed E-state index contributed by atoms with van der Waals surface area (Å²) in [5, 5.41) is 6.03. The third kappa shape index (κ3) is 4.36. The molecule has 0 spiro atoms. The predicted molar refractivity (Wildman–Crippen MR) is 83.0 cm³/mol. The number of nitrogens with one attached hydrogen (secondary N) is 2. The molecular weight excluding hydrogens is 299 g/mol. The van der Waals surface area contributed by atoms with Gasteiger partial charge in [0.1, 0.15) is 5.82 Å². The van der Waals surface area contributed by atoms with E-state index in [0.717, 1.165) is 30.7 Å². The molecule has 1 aliphatic rings. The normalized spacial score (nSPS) is 17.0. The van der Waals surface area contributed by atoms with Crippen molar-refractivity contribution in [2.24, 2.45) is 0 Å². The minimum atomic E-state index is -0.184. The summed E-state index contributed by atoms with van der Waals surface area (Å²) in [4.78, 5) is 12.5. The number of fused-ring (bicyclic) bond motifs is 1. The topological polar surface area (TPSA) is 41.1 Å². The standard InChI is InChI=1S/C14H19FN2OS.ClH/c1-16-8-3-6-13(18)17-12-7-9-19-14-10(12)4-2-5-11(14)15;/h2,4-5,12,16H,3,6-9H2,1H3,(H,17,18);1H. The van der Waals surface area contributed by atoms with E-state index in [-0.39, 0.29) is 30.2 Å². The average molecular weight is 319 g/mol. The molecule has 112 valence electrons. The van der Waals surface area contributed by atoms with E-state index in [0.29, 0.717) is 11.3 Å². The van der Waals surface area contributed by atoms with Gasteiger partial charge in [-0.15, -0.1) is 24.2 Å². The highest BCUT2D eigenvalue weighted by Gasteiger charge is 2.24. The molecule has 2 N–H and O–H groups in total. The maximum atomic E-state index is 13.7. The van der Waals surface area contributed by atoms with E-state index in [1.54, 1.807) is 6.07 Å². The lowest BCUT2D eigenvalue weighted by molar-refractivity contribution is -0.122. The minimum absolute atomic E-state index is 0. The zero-order chi connectivity index (χ0) is 13.7. The molecular formula is C14H20ClFN2OS. The molecule has 0 bridgehead atoms. The Morgan fingerprint density at radius 2 is 2.30 bits per heavy atom. The van der Waals surface area contributed by atoms with Crippen LogP contribution in [0.25, 0.3) is 0 Å². The molecule has 2 rings (SSSR count). The third-order valence-corrected chi connectivity index (χ3v) is 4.35. The van der Waals surface area contributed by atoms with Crippen LogP contribution >= 0.6 is 24.2 Å². The Kier molecular flexibility index (Phi) is 7.34. The number of carbonyl (C=O) groups excluding carboxylic acids is 1. The van der Waals surface area contributed by atoms with Gasteiger partial charge in [0.05, 0.1) is 6.04 Å². The van der Waals surface area contributed by atoms with Crippen LogP contribution in [-0.2, 0) is 4.79 Å². The van der Waals surface area contributed by atoms with Crippen molar-refractivity contribution in [2.45, 2.75) is 30.2 Å². The smallest absolute Gasteiger partial charge is 0.220 e. The first-order chi connectivity index (χ1) is 9.22. The lowest BCUT2D eigenvalue weighted by Gasteiger charge is -2.26. The second-order valence-electron chi connectivity index (χ2n) is 4.62. The van der Waals surface area contributed by atoms with E-state index in [2.05, 4.69) is 10.6 Å². The highest BCUT2D eigenvalue weighted by atomic mass is 35.5. The van der Waals surface area contributed by atoms with Crippen LogP contribution in [0.1, 0.15) is 30.9 Å². The molecule has 20 heavy (non-hydrogen) atoms. The molecule has 1 aromatic carbocycles. The fourth-order valence-corrected chi connectivity index (χ4v) is 3.37. The molecule has 0 radical (unpaired) electrons. The molecule has 0 saturated heterocycles. The number of halogens is 2. The highest BCUT2D eigenvalue weighted by Crippen LogP contribution is 2.37. The molecule has 1 amide bonds. The summed E-state index contributed by atoms with van der Waals surface area (Å²) >= 11 is 1.53. The molecule has 0 aliphatic carbocycles. The maximum absolute atomic E-state index is 13.7. The van der Waals surface area contributed by atoms with Crippen LogP contribution in [0.4, 0.5) is 4.39 Å². The van der Waals surface area contributed by atoms with Crippen molar-refractivity contribution in [1.82, 2.24) is 10.6 Å². The fraction of sp³-hybridized carbons (Fsp3) is 0.500. The van der Waals surface area contributed by atoms with Crippen LogP contribution in [0.2, 0.25) is 0 Å². The van der Waals surface area contributed by atoms with Crippen LogP contribution in [0.3, 0.4) is 0 Å². The summed E-state index contributed by atoms with van der Waals surface area (Å²) in [6.45, 7) is 0.832. The van der Waals surface area contributed by atoms with Crippen LogP contribution in [0.15, 0.2) is 23.1 Å². The van der Waals surface area contributed by atoms with Gasteiger partial charge in [-0.3, -0.25) is 4.79 Å². The Hall–Kier alpha value is -0.780. The SMILES string of the molecule is CNCCCC(=O)NC1CCSc2c(F)cccc21.Cl. The summed E-state index contributed by atoms with van der Waals surface area (Å²) in [5.41, 5.74) is 0.915. The Labute approximate surface area is 129 Å². The predicted octanol–water partition coefficient (Wildman–Crippen LogP) is 2.90. The number of benzene rings is 1. The van der Waals surface area contributed by atoms with Gasteiger partial charge in [-0.25, -0.2) is 4.39 Å². The van der Waals surface area contributed by atoms with Gasteiger partial charge >= 0.3 is 0 Å². The lowest BCUT2D eigenvalue weighted by Crippen LogP contribution is -2.31. The van der Waals surface area contributed by atoms with Gasteiger partial charge in [0.25, 0.3) is 0 Å². The van der Waals surface area contributed by atoms with E-state index < -0.39 is 0 Å². The van der Waals surface area contributed by atoms with Gasteiger partial charge in [-0.2, -0.15) is 0 Å². The zero-order valence-electron chi connectivity index (χ0n) is 11.4. The molecule has 0 fully saturated rings. The Morgan fingerprint density at radius 1 is 1.50 bits per heavy atom. The molecule has 3 nitrogen and oxygen atoms in total. The van der Waals surface area contributed by atoms with Crippen molar-refractivity contribution in [3.63, 3.8) is 0 Å². The number of rotatable bonds is 5. The number of carbonyl (C=O) groups is 1. The van der Waals surface area contributed by atoms with Crippen molar-refractivity contribution in [1.29, 1.82) is 0 Å². The summed E-state index contributed by atoms with van der Waals surface area (Å²) in [6, 6.07) is 5.04. The van der Waals surface area contributed by atoms with Gasteiger partial charge in [-0.05, 0) is 38.1 Å². The van der Waals surface area contributed by atoms with Gasteiger partial charge in [-0.1, -0.05) is 12.1 Å². The minimum Gasteiger partial charge on any atom is -0.349 e. The van der Waals surface area contributed by atoms with Crippen molar-refractivity contribution in [3.05, 3.63) is 29.6 Å². The first-order valence-corrected chi connectivity index (χ1v) is 7.56. The van der Waals surface area contributed by atoms with Crippen LogP contribution < -0.4 is 10.6 Å². The summed E-state index contributed by atoms with van der Waals surface area (Å²) in [6.07, 6.45) is 2.19. The quantitative estimate of drug-likeness (QED) is 0.820. The van der Waals surface area contributed by atoms with E-state index in [9.17, 15) is 9.18 Å². The first-order valence-electron chi connectivity index (χ1n) is 6.57. The fourth-order valence-electron chi connectivity index (χ4n) is 2.23. The lowest BCUT2D eigenvalue weighted by atomic mass is 10.0. The maximum Gasteiger partial charge on any atom is 0.220 e. The largest absolute Gasteiger partial charge is 0.349 e. The second-order valence-corrected chi connectivity index (χ2v) is 5.73. The Morgan fingerprint density at radius 3 is 3.05 bits per heavy atom. The van der Waals surface area contributed by atoms with E-state index in [1.807, 2.05) is 13.1 Å². The average Bonchev–Trinajstić information content (AvgIpc) is 2.40. The van der Waals surface area contributed by atoms with E-state index in [4.69, 9.17) is 0 Å². The molecule has 1 aromatic rings. The molecule has 1 atom stereocenters. The van der Waals surface area contributed by atoms with Crippen molar-refractivity contribution in [2.75, 3.05) is 19.3 Å². The molecule has 0 saturated carbocycles. The number of hydrogen-bond acceptors (Lipinski definition) is 3. The first kappa shape index (κ1) is 17.3.